The van der Waals surface area contributed by atoms with Crippen LogP contribution in [0.15, 0.2) is 12.1 Å². The molecule has 0 radical (unpaired) electrons. The Morgan fingerprint density at radius 3 is 2.80 bits per heavy atom. The number of nitriles is 1. The third-order valence-corrected chi connectivity index (χ3v) is 2.83. The van der Waals surface area contributed by atoms with Gasteiger partial charge in [-0.15, -0.1) is 5.10 Å². The van der Waals surface area contributed by atoms with Crippen LogP contribution in [0.25, 0.3) is 5.69 Å². The van der Waals surface area contributed by atoms with Gasteiger partial charge in [0.05, 0.1) is 17.3 Å². The topological polar surface area (TPSA) is 93.7 Å². The highest BCUT2D eigenvalue weighted by Crippen LogP contribution is 2.19. The molecule has 102 valence electrons. The maximum absolute atomic E-state index is 10.9. The van der Waals surface area contributed by atoms with E-state index in [1.54, 1.807) is 6.07 Å². The molecule has 0 spiro atoms. The van der Waals surface area contributed by atoms with Crippen LogP contribution in [0.3, 0.4) is 0 Å². The van der Waals surface area contributed by atoms with E-state index in [0.29, 0.717) is 11.4 Å². The standard InChI is InChI=1S/C13H13N5O2/c1-8-5-12(9(2)4-11(8)6-14)18-13(15-16-17-18)7-20-10(3)19/h4-5H,7H2,1-3H3. The molecule has 0 fully saturated rings. The molecule has 7 nitrogen and oxygen atoms in total. The number of aromatic nitrogens is 4. The number of ether oxygens (including phenoxy) is 1. The van der Waals surface area contributed by atoms with E-state index in [9.17, 15) is 4.79 Å². The van der Waals surface area contributed by atoms with Gasteiger partial charge in [-0.1, -0.05) is 0 Å². The number of carbonyl (C=O) groups excluding carboxylic acids is 1. The Morgan fingerprint density at radius 1 is 1.40 bits per heavy atom. The lowest BCUT2D eigenvalue weighted by Crippen LogP contribution is -2.09. The van der Waals surface area contributed by atoms with Crippen LogP contribution in [-0.4, -0.2) is 26.2 Å². The van der Waals surface area contributed by atoms with Crippen molar-refractivity contribution in [3.05, 3.63) is 34.6 Å². The van der Waals surface area contributed by atoms with Gasteiger partial charge in [-0.25, -0.2) is 0 Å². The molecule has 2 rings (SSSR count). The van der Waals surface area contributed by atoms with Crippen molar-refractivity contribution < 1.29 is 9.53 Å². The number of rotatable bonds is 3. The summed E-state index contributed by atoms with van der Waals surface area (Å²) < 4.78 is 6.42. The SMILES string of the molecule is CC(=O)OCc1nnnn1-c1cc(C)c(C#N)cc1C. The van der Waals surface area contributed by atoms with Crippen molar-refractivity contribution in [2.24, 2.45) is 0 Å². The molecular formula is C13H13N5O2. The molecule has 1 aromatic heterocycles. The van der Waals surface area contributed by atoms with Crippen LogP contribution in [0.1, 0.15) is 29.4 Å². The fourth-order valence-electron chi connectivity index (χ4n) is 1.80. The Labute approximate surface area is 115 Å². The number of carbonyl (C=O) groups is 1. The number of esters is 1. The zero-order valence-electron chi connectivity index (χ0n) is 11.4. The maximum atomic E-state index is 10.9. The smallest absolute Gasteiger partial charge is 0.303 e. The van der Waals surface area contributed by atoms with Gasteiger partial charge < -0.3 is 4.74 Å². The van der Waals surface area contributed by atoms with Gasteiger partial charge in [-0.2, -0.15) is 9.94 Å². The normalized spacial score (nSPS) is 10.1. The number of hydrogen-bond acceptors (Lipinski definition) is 6. The molecule has 7 heteroatoms. The Bertz CT molecular complexity index is 699. The molecule has 0 aliphatic heterocycles. The molecule has 0 N–H and O–H groups in total. The van der Waals surface area contributed by atoms with Crippen LogP contribution < -0.4 is 0 Å². The van der Waals surface area contributed by atoms with E-state index in [2.05, 4.69) is 21.6 Å². The van der Waals surface area contributed by atoms with Gasteiger partial charge in [0.2, 0.25) is 0 Å². The molecule has 1 heterocycles. The van der Waals surface area contributed by atoms with Gasteiger partial charge in [-0.3, -0.25) is 4.79 Å². The van der Waals surface area contributed by atoms with Crippen molar-refractivity contribution in [1.82, 2.24) is 20.2 Å². The monoisotopic (exact) mass is 271 g/mol. The summed E-state index contributed by atoms with van der Waals surface area (Å²) in [6.07, 6.45) is 0. The molecule has 20 heavy (non-hydrogen) atoms. The lowest BCUT2D eigenvalue weighted by molar-refractivity contribution is -0.142. The predicted octanol–water partition coefficient (Wildman–Crippen LogP) is 1.21. The van der Waals surface area contributed by atoms with Crippen LogP contribution in [0, 0.1) is 25.2 Å². The van der Waals surface area contributed by atoms with Crippen molar-refractivity contribution in [1.29, 1.82) is 5.26 Å². The number of nitrogens with zero attached hydrogens (tertiary/aromatic N) is 5. The van der Waals surface area contributed by atoms with Crippen LogP contribution in [0.4, 0.5) is 0 Å². The third kappa shape index (κ3) is 2.64. The van der Waals surface area contributed by atoms with Crippen LogP contribution in [0.5, 0.6) is 0 Å². The fraction of sp³-hybridized carbons (Fsp3) is 0.308. The highest BCUT2D eigenvalue weighted by molar-refractivity contribution is 5.65. The van der Waals surface area contributed by atoms with Gasteiger partial charge in [0.25, 0.3) is 0 Å². The van der Waals surface area contributed by atoms with E-state index < -0.39 is 5.97 Å². The first-order chi connectivity index (χ1) is 9.52. The Balaban J connectivity index is 2.43. The Hall–Kier alpha value is -2.75. The summed E-state index contributed by atoms with van der Waals surface area (Å²) in [6.45, 7) is 5.04. The first-order valence-electron chi connectivity index (χ1n) is 5.95. The second-order valence-electron chi connectivity index (χ2n) is 4.35. The van der Waals surface area contributed by atoms with Crippen molar-refractivity contribution >= 4 is 5.97 Å². The van der Waals surface area contributed by atoms with Crippen molar-refractivity contribution in [3.63, 3.8) is 0 Å². The van der Waals surface area contributed by atoms with E-state index in [0.717, 1.165) is 16.8 Å². The van der Waals surface area contributed by atoms with Crippen molar-refractivity contribution in [2.75, 3.05) is 0 Å². The van der Waals surface area contributed by atoms with Crippen LogP contribution >= 0.6 is 0 Å². The van der Waals surface area contributed by atoms with E-state index in [1.165, 1.54) is 11.6 Å². The van der Waals surface area contributed by atoms with Gasteiger partial charge in [0.1, 0.15) is 0 Å². The molecule has 2 aromatic rings. The van der Waals surface area contributed by atoms with Gasteiger partial charge >= 0.3 is 5.97 Å². The van der Waals surface area contributed by atoms with Crippen molar-refractivity contribution in [2.45, 2.75) is 27.4 Å². The summed E-state index contributed by atoms with van der Waals surface area (Å²) in [5.41, 5.74) is 3.07. The number of benzene rings is 1. The minimum Gasteiger partial charge on any atom is -0.458 e. The van der Waals surface area contributed by atoms with E-state index in [4.69, 9.17) is 10.00 Å². The molecule has 0 aliphatic carbocycles. The summed E-state index contributed by atoms with van der Waals surface area (Å²) in [6, 6.07) is 5.75. The lowest BCUT2D eigenvalue weighted by atomic mass is 10.0. The Kier molecular flexibility index (Phi) is 3.75. The number of aryl methyl sites for hydroxylation is 2. The molecule has 0 saturated heterocycles. The average molecular weight is 271 g/mol. The zero-order chi connectivity index (χ0) is 14.7. The van der Waals surface area contributed by atoms with Crippen LogP contribution in [0.2, 0.25) is 0 Å². The van der Waals surface area contributed by atoms with E-state index in [1.807, 2.05) is 19.9 Å². The van der Waals surface area contributed by atoms with Crippen LogP contribution in [-0.2, 0) is 16.1 Å². The van der Waals surface area contributed by atoms with Gasteiger partial charge in [0, 0.05) is 6.92 Å². The molecular weight excluding hydrogens is 258 g/mol. The maximum Gasteiger partial charge on any atom is 0.303 e. The third-order valence-electron chi connectivity index (χ3n) is 2.83. The van der Waals surface area contributed by atoms with E-state index in [-0.39, 0.29) is 6.61 Å². The van der Waals surface area contributed by atoms with Gasteiger partial charge in [0.15, 0.2) is 12.4 Å². The summed E-state index contributed by atoms with van der Waals surface area (Å²) in [4.78, 5) is 10.9. The Morgan fingerprint density at radius 2 is 2.15 bits per heavy atom. The average Bonchev–Trinajstić information content (AvgIpc) is 2.86. The summed E-state index contributed by atoms with van der Waals surface area (Å²) >= 11 is 0. The molecule has 0 amide bonds. The van der Waals surface area contributed by atoms with Gasteiger partial charge in [-0.05, 0) is 47.5 Å². The molecule has 0 atom stereocenters. The first-order valence-corrected chi connectivity index (χ1v) is 5.95. The highest BCUT2D eigenvalue weighted by atomic mass is 16.5. The lowest BCUT2D eigenvalue weighted by Gasteiger charge is -2.10. The molecule has 1 aromatic carbocycles. The first kappa shape index (κ1) is 13.7. The summed E-state index contributed by atoms with van der Waals surface area (Å²) in [5, 5.41) is 20.3. The molecule has 0 unspecified atom stereocenters. The minimum atomic E-state index is -0.396. The number of hydrogen-bond donors (Lipinski definition) is 0. The summed E-state index contributed by atoms with van der Waals surface area (Å²) in [5.74, 6) is 0.0275. The number of tetrazole rings is 1. The summed E-state index contributed by atoms with van der Waals surface area (Å²) in [7, 11) is 0. The zero-order valence-corrected chi connectivity index (χ0v) is 11.4. The molecule has 0 bridgehead atoms. The second kappa shape index (κ2) is 5.48. The largest absolute Gasteiger partial charge is 0.458 e. The molecule has 0 aliphatic rings. The quantitative estimate of drug-likeness (QED) is 0.779. The van der Waals surface area contributed by atoms with Crippen molar-refractivity contribution in [3.8, 4) is 11.8 Å². The molecule has 0 saturated carbocycles. The van der Waals surface area contributed by atoms with E-state index >= 15 is 0 Å². The fourth-order valence-corrected chi connectivity index (χ4v) is 1.80. The second-order valence-corrected chi connectivity index (χ2v) is 4.35. The predicted molar refractivity (Wildman–Crippen MR) is 68.8 cm³/mol. The highest BCUT2D eigenvalue weighted by Gasteiger charge is 2.13. The minimum absolute atomic E-state index is 0.000816.